The van der Waals surface area contributed by atoms with Gasteiger partial charge in [-0.1, -0.05) is 47.5 Å². The lowest BCUT2D eigenvalue weighted by Gasteiger charge is -2.34. The highest BCUT2D eigenvalue weighted by atomic mass is 35.5. The Bertz CT molecular complexity index is 960. The molecule has 0 saturated carbocycles. The summed E-state index contributed by atoms with van der Waals surface area (Å²) in [6.45, 7) is 0.669. The summed E-state index contributed by atoms with van der Waals surface area (Å²) >= 11 is 12.1. The Hall–Kier alpha value is -1.87. The van der Waals surface area contributed by atoms with Crippen LogP contribution in [0.2, 0.25) is 10.0 Å². The second kappa shape index (κ2) is 8.65. The molecule has 3 rings (SSSR count). The highest BCUT2D eigenvalue weighted by Gasteiger charge is 2.32. The fourth-order valence-corrected chi connectivity index (χ4v) is 5.43. The van der Waals surface area contributed by atoms with Gasteiger partial charge in [-0.25, -0.2) is 17.6 Å². The first kappa shape index (κ1) is 20.9. The van der Waals surface area contributed by atoms with Crippen molar-refractivity contribution in [3.63, 3.8) is 0 Å². The summed E-state index contributed by atoms with van der Waals surface area (Å²) in [6, 6.07) is 10.3. The van der Waals surface area contributed by atoms with Crippen LogP contribution in [-0.4, -0.2) is 49.8 Å². The number of halogens is 3. The van der Waals surface area contributed by atoms with Crippen LogP contribution >= 0.6 is 23.2 Å². The first-order valence-corrected chi connectivity index (χ1v) is 10.7. The Balaban J connectivity index is 1.61. The van der Waals surface area contributed by atoms with E-state index in [2.05, 4.69) is 5.32 Å². The highest BCUT2D eigenvalue weighted by molar-refractivity contribution is 7.89. The van der Waals surface area contributed by atoms with Gasteiger partial charge in [0, 0.05) is 38.3 Å². The normalized spacial score (nSPS) is 15.5. The topological polar surface area (TPSA) is 69.7 Å². The Kier molecular flexibility index (Phi) is 6.44. The molecule has 2 aromatic carbocycles. The van der Waals surface area contributed by atoms with E-state index >= 15 is 0 Å². The third-order valence-electron chi connectivity index (χ3n) is 4.43. The van der Waals surface area contributed by atoms with Crippen molar-refractivity contribution in [1.82, 2.24) is 14.5 Å². The molecule has 1 fully saturated rings. The first-order valence-electron chi connectivity index (χ1n) is 8.51. The van der Waals surface area contributed by atoms with E-state index in [0.717, 1.165) is 0 Å². The molecule has 0 aliphatic carbocycles. The zero-order valence-electron chi connectivity index (χ0n) is 14.7. The number of piperazine rings is 1. The summed E-state index contributed by atoms with van der Waals surface area (Å²) in [6.07, 6.45) is 0. The molecular weight excluding hydrogens is 428 g/mol. The van der Waals surface area contributed by atoms with Crippen molar-refractivity contribution in [3.05, 3.63) is 63.9 Å². The fourth-order valence-electron chi connectivity index (χ4n) is 2.91. The average Bonchev–Trinajstić information content (AvgIpc) is 2.67. The number of nitrogens with zero attached hydrogens (tertiary/aromatic N) is 2. The molecular formula is C18H18Cl2FN3O3S. The lowest BCUT2D eigenvalue weighted by atomic mass is 10.2. The molecule has 150 valence electrons. The predicted molar refractivity (Wildman–Crippen MR) is 105 cm³/mol. The number of urea groups is 1. The van der Waals surface area contributed by atoms with Gasteiger partial charge in [-0.05, 0) is 18.2 Å². The number of benzene rings is 2. The van der Waals surface area contributed by atoms with Crippen LogP contribution in [0.15, 0.2) is 47.4 Å². The van der Waals surface area contributed by atoms with Crippen molar-refractivity contribution in [2.75, 3.05) is 26.2 Å². The van der Waals surface area contributed by atoms with E-state index in [1.54, 1.807) is 24.3 Å². The lowest BCUT2D eigenvalue weighted by molar-refractivity contribution is 0.172. The molecule has 10 heteroatoms. The molecule has 6 nitrogen and oxygen atoms in total. The van der Waals surface area contributed by atoms with Crippen molar-refractivity contribution in [2.24, 2.45) is 0 Å². The van der Waals surface area contributed by atoms with Gasteiger partial charge in [-0.2, -0.15) is 4.31 Å². The van der Waals surface area contributed by atoms with Gasteiger partial charge in [-0.15, -0.1) is 0 Å². The van der Waals surface area contributed by atoms with Gasteiger partial charge in [0.15, 0.2) is 0 Å². The van der Waals surface area contributed by atoms with E-state index < -0.39 is 15.8 Å². The maximum Gasteiger partial charge on any atom is 0.317 e. The molecule has 1 heterocycles. The molecule has 2 amide bonds. The molecule has 0 bridgehead atoms. The first-order chi connectivity index (χ1) is 13.3. The van der Waals surface area contributed by atoms with E-state index in [4.69, 9.17) is 23.2 Å². The summed E-state index contributed by atoms with van der Waals surface area (Å²) in [4.78, 5) is 13.7. The molecule has 2 aromatic rings. The summed E-state index contributed by atoms with van der Waals surface area (Å²) in [5, 5.41) is 2.76. The minimum absolute atomic E-state index is 0.0533. The molecule has 0 aromatic heterocycles. The van der Waals surface area contributed by atoms with Crippen LogP contribution in [0.1, 0.15) is 5.56 Å². The molecule has 0 unspecified atom stereocenters. The van der Waals surface area contributed by atoms with Gasteiger partial charge >= 0.3 is 6.03 Å². The molecule has 1 aliphatic rings. The zero-order chi connectivity index (χ0) is 20.3. The Morgan fingerprint density at radius 1 is 1.00 bits per heavy atom. The van der Waals surface area contributed by atoms with Crippen LogP contribution in [0, 0.1) is 5.82 Å². The van der Waals surface area contributed by atoms with Gasteiger partial charge in [-0.3, -0.25) is 0 Å². The Morgan fingerprint density at radius 2 is 1.61 bits per heavy atom. The minimum Gasteiger partial charge on any atom is -0.334 e. The van der Waals surface area contributed by atoms with Gasteiger partial charge in [0.05, 0.1) is 10.0 Å². The largest absolute Gasteiger partial charge is 0.334 e. The standard InChI is InChI=1S/C18H18Cl2FN3O3S/c19-14-5-3-6-15(20)17(14)28(26,27)24-10-8-23(9-11-24)18(25)22-12-13-4-1-2-7-16(13)21/h1-7H,8-12H2,(H,22,25). The molecule has 0 radical (unpaired) electrons. The summed E-state index contributed by atoms with van der Waals surface area (Å²) < 4.78 is 40.6. The summed E-state index contributed by atoms with van der Waals surface area (Å²) in [5.41, 5.74) is 0.380. The van der Waals surface area contributed by atoms with E-state index in [-0.39, 0.29) is 53.7 Å². The minimum atomic E-state index is -3.87. The summed E-state index contributed by atoms with van der Waals surface area (Å²) in [7, 11) is -3.87. The van der Waals surface area contributed by atoms with Gasteiger partial charge in [0.1, 0.15) is 10.7 Å². The van der Waals surface area contributed by atoms with Gasteiger partial charge in [0.2, 0.25) is 10.0 Å². The smallest absolute Gasteiger partial charge is 0.317 e. The number of nitrogens with one attached hydrogen (secondary N) is 1. The lowest BCUT2D eigenvalue weighted by Crippen LogP contribution is -2.53. The van der Waals surface area contributed by atoms with Crippen molar-refractivity contribution in [1.29, 1.82) is 0 Å². The van der Waals surface area contributed by atoms with Crippen LogP contribution in [-0.2, 0) is 16.6 Å². The average molecular weight is 446 g/mol. The molecule has 1 aliphatic heterocycles. The van der Waals surface area contributed by atoms with Gasteiger partial charge in [0.25, 0.3) is 0 Å². The van der Waals surface area contributed by atoms with Crippen LogP contribution in [0.5, 0.6) is 0 Å². The van der Waals surface area contributed by atoms with Crippen molar-refractivity contribution in [3.8, 4) is 0 Å². The summed E-state index contributed by atoms with van der Waals surface area (Å²) in [5.74, 6) is -0.393. The monoisotopic (exact) mass is 445 g/mol. The number of carbonyl (C=O) groups is 1. The van der Waals surface area contributed by atoms with Crippen molar-refractivity contribution >= 4 is 39.3 Å². The van der Waals surface area contributed by atoms with Crippen molar-refractivity contribution in [2.45, 2.75) is 11.4 Å². The van der Waals surface area contributed by atoms with E-state index in [9.17, 15) is 17.6 Å². The van der Waals surface area contributed by atoms with E-state index in [1.165, 1.54) is 27.4 Å². The number of hydrogen-bond donors (Lipinski definition) is 1. The molecule has 1 saturated heterocycles. The zero-order valence-corrected chi connectivity index (χ0v) is 17.1. The Labute approximate surface area is 172 Å². The van der Waals surface area contributed by atoms with Crippen molar-refractivity contribution < 1.29 is 17.6 Å². The number of carbonyl (C=O) groups excluding carboxylic acids is 1. The molecule has 1 N–H and O–H groups in total. The third-order valence-corrected chi connectivity index (χ3v) is 7.29. The fraction of sp³-hybridized carbons (Fsp3) is 0.278. The second-order valence-electron chi connectivity index (χ2n) is 6.19. The highest BCUT2D eigenvalue weighted by Crippen LogP contribution is 2.31. The number of rotatable bonds is 4. The van der Waals surface area contributed by atoms with Crippen LogP contribution in [0.3, 0.4) is 0 Å². The molecule has 0 atom stereocenters. The van der Waals surface area contributed by atoms with Crippen LogP contribution in [0.25, 0.3) is 0 Å². The van der Waals surface area contributed by atoms with Crippen LogP contribution in [0.4, 0.5) is 9.18 Å². The van der Waals surface area contributed by atoms with Gasteiger partial charge < -0.3 is 10.2 Å². The number of amides is 2. The van der Waals surface area contributed by atoms with E-state index in [1.807, 2.05) is 0 Å². The Morgan fingerprint density at radius 3 is 2.21 bits per heavy atom. The SMILES string of the molecule is O=C(NCc1ccccc1F)N1CCN(S(=O)(=O)c2c(Cl)cccc2Cl)CC1. The van der Waals surface area contributed by atoms with E-state index in [0.29, 0.717) is 5.56 Å². The number of hydrogen-bond acceptors (Lipinski definition) is 3. The third kappa shape index (κ3) is 4.41. The quantitative estimate of drug-likeness (QED) is 0.784. The second-order valence-corrected chi connectivity index (χ2v) is 8.88. The number of sulfonamides is 1. The molecule has 0 spiro atoms. The van der Waals surface area contributed by atoms with Crippen LogP contribution < -0.4 is 5.32 Å². The maximum absolute atomic E-state index is 13.6. The molecule has 28 heavy (non-hydrogen) atoms. The maximum atomic E-state index is 13.6. The predicted octanol–water partition coefficient (Wildman–Crippen LogP) is 3.35.